The number of rotatable bonds is 9. The molecular weight excluding hydrogens is 690 g/mol. The van der Waals surface area contributed by atoms with Gasteiger partial charge in [0, 0.05) is 45.0 Å². The van der Waals surface area contributed by atoms with Crippen LogP contribution >= 0.6 is 0 Å². The summed E-state index contributed by atoms with van der Waals surface area (Å²) in [5.74, 6) is -2.28. The molecule has 5 rings (SSSR count). The number of methoxy groups -OCH3 is 1. The summed E-state index contributed by atoms with van der Waals surface area (Å²) in [6.45, 7) is 20.6. The second kappa shape index (κ2) is 16.6. The van der Waals surface area contributed by atoms with Crippen molar-refractivity contribution in [3.8, 4) is 0 Å². The Kier molecular flexibility index (Phi) is 13.4. The van der Waals surface area contributed by atoms with E-state index < -0.39 is 95.8 Å². The van der Waals surface area contributed by atoms with Crippen LogP contribution in [-0.2, 0) is 42.7 Å². The number of nitrogens with zero attached hydrogens (tertiary/aromatic N) is 1. The molecule has 4 N–H and O–H groups in total. The highest BCUT2D eigenvalue weighted by atomic mass is 16.7. The predicted octanol–water partition coefficient (Wildman–Crippen LogP) is 2.66. The zero-order chi connectivity index (χ0) is 39.2. The lowest BCUT2D eigenvalue weighted by molar-refractivity contribution is -0.317. The van der Waals surface area contributed by atoms with Gasteiger partial charge in [-0.15, -0.1) is 0 Å². The van der Waals surface area contributed by atoms with Crippen LogP contribution in [-0.4, -0.2) is 149 Å². The smallest absolute Gasteiger partial charge is 0.311 e. The van der Waals surface area contributed by atoms with Gasteiger partial charge in [0.15, 0.2) is 12.6 Å². The van der Waals surface area contributed by atoms with Crippen LogP contribution < -0.4 is 0 Å². The molecule has 4 fully saturated rings. The van der Waals surface area contributed by atoms with Crippen molar-refractivity contribution in [2.45, 2.75) is 179 Å². The topological polar surface area (TPSA) is 175 Å². The molecule has 0 aromatic carbocycles. The second-order valence-corrected chi connectivity index (χ2v) is 17.0. The number of cyclic esters (lactones) is 1. The van der Waals surface area contributed by atoms with Crippen molar-refractivity contribution in [3.05, 3.63) is 11.3 Å². The minimum atomic E-state index is -1.83. The minimum absolute atomic E-state index is 0.171. The van der Waals surface area contributed by atoms with E-state index in [1.165, 1.54) is 14.0 Å². The molecule has 53 heavy (non-hydrogen) atoms. The lowest BCUT2D eigenvalue weighted by Gasteiger charge is -2.49. The normalized spacial score (nSPS) is 46.5. The molecule has 0 saturated carbocycles. The molecule has 14 heteroatoms. The lowest BCUT2D eigenvalue weighted by Crippen LogP contribution is -2.61. The number of esters is 1. The van der Waals surface area contributed by atoms with Crippen molar-refractivity contribution in [3.63, 3.8) is 0 Å². The summed E-state index contributed by atoms with van der Waals surface area (Å²) in [6, 6.07) is -0.220. The van der Waals surface area contributed by atoms with E-state index in [0.29, 0.717) is 44.9 Å². The van der Waals surface area contributed by atoms with Gasteiger partial charge >= 0.3 is 5.97 Å². The monoisotopic (exact) mass is 757 g/mol. The van der Waals surface area contributed by atoms with Crippen LogP contribution in [0.25, 0.3) is 0 Å². The van der Waals surface area contributed by atoms with Gasteiger partial charge in [0.05, 0.1) is 55.1 Å². The molecule has 0 amide bonds. The predicted molar refractivity (Wildman–Crippen MR) is 192 cm³/mol. The number of aliphatic hydroxyl groups is 4. The molecule has 5 aliphatic heterocycles. The van der Waals surface area contributed by atoms with E-state index in [0.717, 1.165) is 5.57 Å². The Morgan fingerprint density at radius 1 is 1.04 bits per heavy atom. The minimum Gasteiger partial charge on any atom is -0.488 e. The first-order chi connectivity index (χ1) is 24.8. The summed E-state index contributed by atoms with van der Waals surface area (Å²) in [4.78, 5) is 16.6. The molecule has 2 bridgehead atoms. The summed E-state index contributed by atoms with van der Waals surface area (Å²) in [6.07, 6.45) is -7.33. The first-order valence-electron chi connectivity index (χ1n) is 19.6. The molecule has 0 aliphatic carbocycles. The number of hydrogen-bond donors (Lipinski definition) is 4. The van der Waals surface area contributed by atoms with Crippen LogP contribution in [0, 0.1) is 17.8 Å². The third-order valence-corrected chi connectivity index (χ3v) is 12.8. The molecule has 5 heterocycles. The standard InChI is InChI=1S/C39H67NO13/c1-12-27(41)39(10,45)34-22(4)30-20(2)18-38(9,53-30)33(52-36-29(42)26(17-21(3)48-36)40-13-15-47-16-14-40)23(5)31(24(6)35(44)51-34)50-28-19-37(8,46-11)32(43)25(7)49-28/h21-29,31-34,36,41-43,45H,12-19H2,1-11H3/t21?,22-,23-,24+,25?,26?,27+,28-,29?,31-,32-,33+,34+,36-,37?,38+,39+/m0/s1. The van der Waals surface area contributed by atoms with Crippen molar-refractivity contribution in [2.24, 2.45) is 17.8 Å². The van der Waals surface area contributed by atoms with E-state index in [-0.39, 0.29) is 25.0 Å². The molecule has 4 saturated heterocycles. The van der Waals surface area contributed by atoms with E-state index in [2.05, 4.69) is 4.90 Å². The summed E-state index contributed by atoms with van der Waals surface area (Å²) in [5.41, 5.74) is -2.98. The number of ether oxygens (including phenoxy) is 8. The number of hydrogen-bond acceptors (Lipinski definition) is 14. The van der Waals surface area contributed by atoms with Gasteiger partial charge < -0.3 is 58.3 Å². The maximum atomic E-state index is 14.4. The molecule has 0 radical (unpaired) electrons. The van der Waals surface area contributed by atoms with E-state index in [1.807, 2.05) is 34.6 Å². The fraction of sp³-hybridized carbons (Fsp3) is 0.923. The van der Waals surface area contributed by atoms with E-state index >= 15 is 0 Å². The molecule has 5 aliphatic rings. The van der Waals surface area contributed by atoms with E-state index in [1.54, 1.807) is 27.7 Å². The number of carbonyl (C=O) groups is 1. The van der Waals surface area contributed by atoms with Crippen LogP contribution in [0.2, 0.25) is 0 Å². The molecule has 0 aromatic rings. The van der Waals surface area contributed by atoms with Gasteiger partial charge in [0.25, 0.3) is 0 Å². The Morgan fingerprint density at radius 2 is 1.70 bits per heavy atom. The number of aliphatic hydroxyl groups excluding tert-OH is 3. The molecule has 0 aromatic heterocycles. The van der Waals surface area contributed by atoms with Crippen molar-refractivity contribution in [2.75, 3.05) is 33.4 Å². The van der Waals surface area contributed by atoms with E-state index in [9.17, 15) is 25.2 Å². The average Bonchev–Trinajstić information content (AvgIpc) is 3.44. The molecule has 5 unspecified atom stereocenters. The highest BCUT2D eigenvalue weighted by molar-refractivity contribution is 5.73. The van der Waals surface area contributed by atoms with Crippen molar-refractivity contribution < 1.29 is 63.1 Å². The van der Waals surface area contributed by atoms with Crippen LogP contribution in [0.15, 0.2) is 11.3 Å². The third kappa shape index (κ3) is 8.49. The van der Waals surface area contributed by atoms with E-state index in [4.69, 9.17) is 37.9 Å². The van der Waals surface area contributed by atoms with Gasteiger partial charge in [-0.05, 0) is 66.9 Å². The maximum Gasteiger partial charge on any atom is 0.311 e. The second-order valence-electron chi connectivity index (χ2n) is 17.0. The third-order valence-electron chi connectivity index (χ3n) is 12.8. The Labute approximate surface area is 315 Å². The number of fused-ring (bicyclic) bond motifs is 2. The molecule has 0 spiro atoms. The molecule has 306 valence electrons. The first kappa shape index (κ1) is 42.7. The Bertz CT molecular complexity index is 1290. The van der Waals surface area contributed by atoms with Crippen molar-refractivity contribution >= 4 is 5.97 Å². The maximum absolute atomic E-state index is 14.4. The quantitative estimate of drug-likeness (QED) is 0.253. The van der Waals surface area contributed by atoms with Gasteiger partial charge in [0.1, 0.15) is 41.4 Å². The van der Waals surface area contributed by atoms with Crippen molar-refractivity contribution in [1.82, 2.24) is 4.90 Å². The van der Waals surface area contributed by atoms with Gasteiger partial charge in [-0.1, -0.05) is 20.8 Å². The van der Waals surface area contributed by atoms with Crippen molar-refractivity contribution in [1.29, 1.82) is 0 Å². The molecule has 14 nitrogen and oxygen atoms in total. The van der Waals surface area contributed by atoms with Gasteiger partial charge in [-0.3, -0.25) is 9.69 Å². The molecular formula is C39H67NO13. The highest BCUT2D eigenvalue weighted by Gasteiger charge is 2.57. The van der Waals surface area contributed by atoms with Crippen LogP contribution in [0.1, 0.15) is 94.9 Å². The number of carbonyl (C=O) groups excluding carboxylic acids is 1. The van der Waals surface area contributed by atoms with Crippen LogP contribution in [0.5, 0.6) is 0 Å². The zero-order valence-electron chi connectivity index (χ0n) is 33.7. The van der Waals surface area contributed by atoms with Gasteiger partial charge in [-0.2, -0.15) is 0 Å². The first-order valence-corrected chi connectivity index (χ1v) is 19.6. The van der Waals surface area contributed by atoms with Gasteiger partial charge in [-0.25, -0.2) is 0 Å². The fourth-order valence-corrected chi connectivity index (χ4v) is 9.48. The van der Waals surface area contributed by atoms with Gasteiger partial charge in [0.2, 0.25) is 0 Å². The largest absolute Gasteiger partial charge is 0.488 e. The summed E-state index contributed by atoms with van der Waals surface area (Å²) in [7, 11) is 1.53. The van der Waals surface area contributed by atoms with Crippen LogP contribution in [0.3, 0.4) is 0 Å². The summed E-state index contributed by atoms with van der Waals surface area (Å²) >= 11 is 0. The lowest BCUT2D eigenvalue weighted by atomic mass is 9.78. The SMILES string of the molecule is CC[C@@H](O)[C@@](C)(O)[C@@H]1OC(=O)[C@H](C)[C@@H](O[C@H]2CC(C)(OC)[C@@H](O)C(C)O2)[C@H](C)[C@@H](O[C@@H]2OC(C)CC(N3CCOCC3)C2O)[C@@]2(C)CC(C)=C(O2)[C@@H]1C. The summed E-state index contributed by atoms with van der Waals surface area (Å²) < 4.78 is 50.8. The van der Waals surface area contributed by atoms with Crippen LogP contribution in [0.4, 0.5) is 0 Å². The average molecular weight is 758 g/mol. The Morgan fingerprint density at radius 3 is 2.32 bits per heavy atom. The Hall–Kier alpha value is -1.43. The molecule has 17 atom stereocenters. The fourth-order valence-electron chi connectivity index (χ4n) is 9.48. The summed E-state index contributed by atoms with van der Waals surface area (Å²) in [5, 5.41) is 45.7. The number of morpholine rings is 1. The Balaban J connectivity index is 1.57. The zero-order valence-corrected chi connectivity index (χ0v) is 33.7. The highest BCUT2D eigenvalue weighted by Crippen LogP contribution is 2.48.